The van der Waals surface area contributed by atoms with Gasteiger partial charge in [0, 0.05) is 25.4 Å². The summed E-state index contributed by atoms with van der Waals surface area (Å²) in [5.74, 6) is 0.213. The molecular formula is C16H16N2O3. The maximum atomic E-state index is 12.3. The molecule has 1 aliphatic heterocycles. The van der Waals surface area contributed by atoms with Crippen LogP contribution in [0.15, 0.2) is 48.8 Å². The highest BCUT2D eigenvalue weighted by atomic mass is 16.5. The molecule has 1 atom stereocenters. The Morgan fingerprint density at radius 1 is 1.19 bits per heavy atom. The number of ether oxygens (including phenoxy) is 1. The second-order valence-corrected chi connectivity index (χ2v) is 5.01. The van der Waals surface area contributed by atoms with Crippen molar-refractivity contribution in [3.63, 3.8) is 0 Å². The molecule has 5 nitrogen and oxygen atoms in total. The summed E-state index contributed by atoms with van der Waals surface area (Å²) < 4.78 is 6.82. The summed E-state index contributed by atoms with van der Waals surface area (Å²) in [4.78, 5) is 26.2. The van der Waals surface area contributed by atoms with Crippen molar-refractivity contribution in [3.05, 3.63) is 48.8 Å². The zero-order valence-electron chi connectivity index (χ0n) is 11.7. The molecular weight excluding hydrogens is 268 g/mol. The molecule has 0 saturated carbocycles. The zero-order chi connectivity index (χ0) is 14.8. The molecule has 1 saturated heterocycles. The van der Waals surface area contributed by atoms with Crippen molar-refractivity contribution in [2.24, 2.45) is 5.92 Å². The minimum Gasteiger partial charge on any atom is -0.495 e. The van der Waals surface area contributed by atoms with E-state index < -0.39 is 0 Å². The highest BCUT2D eigenvalue weighted by Gasteiger charge is 2.36. The van der Waals surface area contributed by atoms with E-state index in [1.807, 2.05) is 24.3 Å². The Morgan fingerprint density at radius 3 is 2.62 bits per heavy atom. The first kappa shape index (κ1) is 13.4. The number of carbonyl (C=O) groups excluding carboxylic acids is 2. The van der Waals surface area contributed by atoms with E-state index in [-0.39, 0.29) is 24.2 Å². The lowest BCUT2D eigenvalue weighted by atomic mass is 10.1. The van der Waals surface area contributed by atoms with Crippen molar-refractivity contribution in [3.8, 4) is 5.75 Å². The Labute approximate surface area is 122 Å². The van der Waals surface area contributed by atoms with Gasteiger partial charge in [-0.05, 0) is 24.3 Å². The van der Waals surface area contributed by atoms with E-state index >= 15 is 0 Å². The molecule has 1 fully saturated rings. The predicted octanol–water partition coefficient (Wildman–Crippen LogP) is 2.19. The summed E-state index contributed by atoms with van der Waals surface area (Å²) in [6.45, 7) is 0.385. The van der Waals surface area contributed by atoms with Gasteiger partial charge >= 0.3 is 0 Å². The van der Waals surface area contributed by atoms with Gasteiger partial charge in [-0.2, -0.15) is 0 Å². The molecule has 21 heavy (non-hydrogen) atoms. The van der Waals surface area contributed by atoms with E-state index in [4.69, 9.17) is 4.74 Å². The van der Waals surface area contributed by atoms with Gasteiger partial charge in [0.25, 0.3) is 0 Å². The Balaban J connectivity index is 1.83. The van der Waals surface area contributed by atoms with Gasteiger partial charge in [-0.1, -0.05) is 12.1 Å². The molecule has 2 aromatic rings. The Bertz CT molecular complexity index is 664. The van der Waals surface area contributed by atoms with E-state index in [2.05, 4.69) is 0 Å². The summed E-state index contributed by atoms with van der Waals surface area (Å²) in [5, 5.41) is 0. The Morgan fingerprint density at radius 2 is 1.90 bits per heavy atom. The topological polar surface area (TPSA) is 51.5 Å². The van der Waals surface area contributed by atoms with Gasteiger partial charge in [0.05, 0.1) is 18.7 Å². The van der Waals surface area contributed by atoms with E-state index in [9.17, 15) is 9.59 Å². The summed E-state index contributed by atoms with van der Waals surface area (Å²) in [6, 6.07) is 10.9. The normalized spacial score (nSPS) is 18.0. The number of carbonyl (C=O) groups is 2. The molecule has 2 heterocycles. The van der Waals surface area contributed by atoms with E-state index in [0.717, 1.165) is 0 Å². The smallest absolute Gasteiger partial charge is 0.235 e. The van der Waals surface area contributed by atoms with Crippen LogP contribution in [0.4, 0.5) is 5.69 Å². The maximum Gasteiger partial charge on any atom is 0.235 e. The van der Waals surface area contributed by atoms with Gasteiger partial charge < -0.3 is 9.64 Å². The van der Waals surface area contributed by atoms with Crippen LogP contribution in [0.1, 0.15) is 11.2 Å². The zero-order valence-corrected chi connectivity index (χ0v) is 11.7. The fraction of sp³-hybridized carbons (Fsp3) is 0.250. The van der Waals surface area contributed by atoms with Crippen LogP contribution < -0.4 is 9.64 Å². The van der Waals surface area contributed by atoms with Crippen molar-refractivity contribution >= 4 is 17.5 Å². The van der Waals surface area contributed by atoms with Crippen LogP contribution in [-0.2, 0) is 4.79 Å². The monoisotopic (exact) mass is 284 g/mol. The molecule has 0 bridgehead atoms. The molecule has 1 unspecified atom stereocenters. The van der Waals surface area contributed by atoms with Gasteiger partial charge in [-0.3, -0.25) is 14.2 Å². The Hall–Kier alpha value is -2.56. The third-order valence-corrected chi connectivity index (χ3v) is 3.71. The number of anilines is 1. The number of para-hydroxylation sites is 2. The highest BCUT2D eigenvalue weighted by Crippen LogP contribution is 2.33. The molecule has 1 amide bonds. The van der Waals surface area contributed by atoms with E-state index in [1.165, 1.54) is 4.57 Å². The molecule has 1 aromatic carbocycles. The fourth-order valence-electron chi connectivity index (χ4n) is 2.65. The molecule has 108 valence electrons. The minimum absolute atomic E-state index is 0.0502. The van der Waals surface area contributed by atoms with E-state index in [0.29, 0.717) is 18.0 Å². The van der Waals surface area contributed by atoms with Crippen molar-refractivity contribution < 1.29 is 14.3 Å². The lowest BCUT2D eigenvalue weighted by molar-refractivity contribution is -0.117. The average molecular weight is 284 g/mol. The first-order chi connectivity index (χ1) is 10.2. The van der Waals surface area contributed by atoms with Gasteiger partial charge in [0.15, 0.2) is 0 Å². The molecule has 1 aromatic heterocycles. The van der Waals surface area contributed by atoms with Crippen LogP contribution in [0.2, 0.25) is 0 Å². The predicted molar refractivity (Wildman–Crippen MR) is 78.5 cm³/mol. The van der Waals surface area contributed by atoms with Crippen LogP contribution in [0, 0.1) is 5.92 Å². The van der Waals surface area contributed by atoms with Crippen LogP contribution in [0.3, 0.4) is 0 Å². The molecule has 0 radical (unpaired) electrons. The van der Waals surface area contributed by atoms with Crippen LogP contribution >= 0.6 is 0 Å². The Kier molecular flexibility index (Phi) is 3.48. The summed E-state index contributed by atoms with van der Waals surface area (Å²) in [7, 11) is 1.57. The van der Waals surface area contributed by atoms with Crippen molar-refractivity contribution in [2.75, 3.05) is 18.6 Å². The minimum atomic E-state index is -0.324. The standard InChI is InChI=1S/C16H16N2O3/c1-21-14-7-3-2-6-13(14)18-11-12(10-15(18)19)16(20)17-8-4-5-9-17/h2-9,12H,10-11H2,1H3. The molecule has 3 rings (SSSR count). The van der Waals surface area contributed by atoms with Crippen molar-refractivity contribution in [1.82, 2.24) is 4.57 Å². The second kappa shape index (κ2) is 5.44. The maximum absolute atomic E-state index is 12.3. The fourth-order valence-corrected chi connectivity index (χ4v) is 2.65. The lowest BCUT2D eigenvalue weighted by Gasteiger charge is -2.19. The second-order valence-electron chi connectivity index (χ2n) is 5.01. The van der Waals surface area contributed by atoms with Crippen LogP contribution in [0.25, 0.3) is 0 Å². The molecule has 1 aliphatic rings. The summed E-state index contributed by atoms with van der Waals surface area (Å²) in [6.07, 6.45) is 3.65. The number of hydrogen-bond donors (Lipinski definition) is 0. The SMILES string of the molecule is COc1ccccc1N1CC(C(=O)n2cccc2)CC1=O. The number of amides is 1. The van der Waals surface area contributed by atoms with Gasteiger partial charge in [-0.15, -0.1) is 0 Å². The first-order valence-electron chi connectivity index (χ1n) is 6.81. The quantitative estimate of drug-likeness (QED) is 0.868. The van der Waals surface area contributed by atoms with Gasteiger partial charge in [0.1, 0.15) is 5.75 Å². The molecule has 0 aliphatic carbocycles. The summed E-state index contributed by atoms with van der Waals surface area (Å²) in [5.41, 5.74) is 0.716. The van der Waals surface area contributed by atoms with Crippen molar-refractivity contribution in [2.45, 2.75) is 6.42 Å². The molecule has 0 N–H and O–H groups in total. The molecule has 5 heteroatoms. The van der Waals surface area contributed by atoms with Crippen LogP contribution in [0.5, 0.6) is 5.75 Å². The lowest BCUT2D eigenvalue weighted by Crippen LogP contribution is -2.27. The van der Waals surface area contributed by atoms with Crippen molar-refractivity contribution in [1.29, 1.82) is 0 Å². The van der Waals surface area contributed by atoms with Gasteiger partial charge in [0.2, 0.25) is 11.8 Å². The highest BCUT2D eigenvalue weighted by molar-refractivity contribution is 6.01. The number of hydrogen-bond acceptors (Lipinski definition) is 3. The average Bonchev–Trinajstić information content (AvgIpc) is 3.16. The number of nitrogens with zero attached hydrogens (tertiary/aromatic N) is 2. The number of aromatic nitrogens is 1. The number of benzene rings is 1. The third-order valence-electron chi connectivity index (χ3n) is 3.71. The molecule has 0 spiro atoms. The number of rotatable bonds is 3. The first-order valence-corrected chi connectivity index (χ1v) is 6.81. The third kappa shape index (κ3) is 2.42. The largest absolute Gasteiger partial charge is 0.495 e. The summed E-state index contributed by atoms with van der Waals surface area (Å²) >= 11 is 0. The van der Waals surface area contributed by atoms with Crippen LogP contribution in [-0.4, -0.2) is 30.0 Å². The number of methoxy groups -OCH3 is 1. The van der Waals surface area contributed by atoms with E-state index in [1.54, 1.807) is 36.5 Å². The van der Waals surface area contributed by atoms with Gasteiger partial charge in [-0.25, -0.2) is 0 Å².